The summed E-state index contributed by atoms with van der Waals surface area (Å²) in [6, 6.07) is 21.9. The first kappa shape index (κ1) is 22.8. The second-order valence-electron chi connectivity index (χ2n) is 8.84. The van der Waals surface area contributed by atoms with Gasteiger partial charge in [-0.2, -0.15) is 5.26 Å². The van der Waals surface area contributed by atoms with Crippen molar-refractivity contribution in [3.63, 3.8) is 0 Å². The second kappa shape index (κ2) is 8.22. The average molecular weight is 513 g/mol. The number of carbonyl (C=O) groups excluding carboxylic acids is 2. The SMILES string of the molecule is N#CC1=C(N)N(c2cccc(Cl)c2)C2=C(C(=O)OC2)[C@]12C(=O)N(Cc1ccccc1F)c1ccccc12. The fourth-order valence-electron chi connectivity index (χ4n) is 5.46. The highest BCUT2D eigenvalue weighted by Gasteiger charge is 2.64. The van der Waals surface area contributed by atoms with Crippen molar-refractivity contribution < 1.29 is 18.7 Å². The highest BCUT2D eigenvalue weighted by molar-refractivity contribution is 6.30. The lowest BCUT2D eigenvalue weighted by atomic mass is 9.67. The van der Waals surface area contributed by atoms with Crippen LogP contribution in [0, 0.1) is 17.1 Å². The molecule has 0 saturated carbocycles. The summed E-state index contributed by atoms with van der Waals surface area (Å²) in [6.07, 6.45) is 0. The Bertz CT molecular complexity index is 1630. The molecule has 3 aliphatic heterocycles. The van der Waals surface area contributed by atoms with Crippen molar-refractivity contribution in [1.82, 2.24) is 0 Å². The summed E-state index contributed by atoms with van der Waals surface area (Å²) >= 11 is 6.22. The van der Waals surface area contributed by atoms with Crippen LogP contribution < -0.4 is 15.5 Å². The molecule has 9 heteroatoms. The zero-order valence-electron chi connectivity index (χ0n) is 19.2. The molecule has 1 amide bonds. The zero-order chi connectivity index (χ0) is 25.9. The minimum absolute atomic E-state index is 0.0160. The maximum absolute atomic E-state index is 14.6. The van der Waals surface area contributed by atoms with Gasteiger partial charge in [-0.15, -0.1) is 0 Å². The van der Waals surface area contributed by atoms with E-state index in [9.17, 15) is 19.2 Å². The van der Waals surface area contributed by atoms with E-state index in [1.54, 1.807) is 66.7 Å². The molecule has 3 aliphatic rings. The number of hydrogen-bond donors (Lipinski definition) is 1. The largest absolute Gasteiger partial charge is 0.456 e. The summed E-state index contributed by atoms with van der Waals surface area (Å²) in [4.78, 5) is 30.7. The van der Waals surface area contributed by atoms with E-state index in [1.807, 2.05) is 0 Å². The summed E-state index contributed by atoms with van der Waals surface area (Å²) in [6.45, 7) is -0.247. The molecule has 7 nitrogen and oxygen atoms in total. The summed E-state index contributed by atoms with van der Waals surface area (Å²) in [5, 5.41) is 10.9. The smallest absolute Gasteiger partial charge is 0.338 e. The van der Waals surface area contributed by atoms with Crippen LogP contribution in [-0.2, 0) is 26.3 Å². The molecule has 6 rings (SSSR count). The predicted octanol–water partition coefficient (Wildman–Crippen LogP) is 4.29. The fourth-order valence-corrected chi connectivity index (χ4v) is 5.64. The van der Waals surface area contributed by atoms with Crippen LogP contribution >= 0.6 is 11.6 Å². The number of esters is 1. The monoisotopic (exact) mass is 512 g/mol. The van der Waals surface area contributed by atoms with Crippen molar-refractivity contribution in [3.05, 3.63) is 117 Å². The Morgan fingerprint density at radius 2 is 1.84 bits per heavy atom. The summed E-state index contributed by atoms with van der Waals surface area (Å²) < 4.78 is 20.0. The van der Waals surface area contributed by atoms with E-state index in [1.165, 1.54) is 15.9 Å². The van der Waals surface area contributed by atoms with Gasteiger partial charge >= 0.3 is 5.97 Å². The topological polar surface area (TPSA) is 99.7 Å². The van der Waals surface area contributed by atoms with Gasteiger partial charge in [-0.25, -0.2) is 9.18 Å². The molecule has 0 bridgehead atoms. The van der Waals surface area contributed by atoms with Crippen LogP contribution in [0.3, 0.4) is 0 Å². The molecule has 0 aromatic heterocycles. The molecule has 37 heavy (non-hydrogen) atoms. The number of nitriles is 1. The molecule has 3 aromatic carbocycles. The number of halogens is 2. The molecule has 1 spiro atoms. The molecule has 1 atom stereocenters. The third kappa shape index (κ3) is 3.04. The third-order valence-electron chi connectivity index (χ3n) is 6.98. The molecule has 0 aliphatic carbocycles. The van der Waals surface area contributed by atoms with Crippen molar-refractivity contribution in [1.29, 1.82) is 5.26 Å². The van der Waals surface area contributed by atoms with Crippen LogP contribution in [0.5, 0.6) is 0 Å². The number of nitrogens with two attached hydrogens (primary N) is 1. The number of fused-ring (bicyclic) bond motifs is 3. The summed E-state index contributed by atoms with van der Waals surface area (Å²) in [5.74, 6) is -1.79. The van der Waals surface area contributed by atoms with Crippen LogP contribution in [0.25, 0.3) is 0 Å². The molecular formula is C28H18ClFN4O3. The van der Waals surface area contributed by atoms with Crippen LogP contribution in [0.1, 0.15) is 11.1 Å². The molecule has 0 radical (unpaired) electrons. The zero-order valence-corrected chi connectivity index (χ0v) is 20.0. The number of anilines is 2. The predicted molar refractivity (Wildman–Crippen MR) is 134 cm³/mol. The minimum atomic E-state index is -1.83. The number of para-hydroxylation sites is 1. The number of ether oxygens (including phenoxy) is 1. The van der Waals surface area contributed by atoms with Gasteiger partial charge in [0.25, 0.3) is 0 Å². The molecule has 0 unspecified atom stereocenters. The van der Waals surface area contributed by atoms with Gasteiger partial charge in [0.05, 0.1) is 23.4 Å². The lowest BCUT2D eigenvalue weighted by Crippen LogP contribution is -2.50. The Kier molecular flexibility index (Phi) is 5.07. The normalized spacial score (nSPS) is 20.4. The van der Waals surface area contributed by atoms with Gasteiger partial charge in [0.1, 0.15) is 29.7 Å². The van der Waals surface area contributed by atoms with Gasteiger partial charge in [0.15, 0.2) is 0 Å². The van der Waals surface area contributed by atoms with Gasteiger partial charge in [-0.1, -0.05) is 54.1 Å². The maximum atomic E-state index is 14.6. The van der Waals surface area contributed by atoms with Crippen LogP contribution in [0.15, 0.2) is 95.5 Å². The number of benzene rings is 3. The minimum Gasteiger partial charge on any atom is -0.456 e. The van der Waals surface area contributed by atoms with E-state index in [0.29, 0.717) is 27.7 Å². The highest BCUT2D eigenvalue weighted by Crippen LogP contribution is 2.56. The molecule has 0 fully saturated rings. The van der Waals surface area contributed by atoms with Crippen LogP contribution in [0.4, 0.5) is 15.8 Å². The molecule has 3 heterocycles. The van der Waals surface area contributed by atoms with Gasteiger partial charge in [0, 0.05) is 27.5 Å². The van der Waals surface area contributed by atoms with Gasteiger partial charge < -0.3 is 15.4 Å². The third-order valence-corrected chi connectivity index (χ3v) is 7.21. The Hall–Kier alpha value is -4.61. The van der Waals surface area contributed by atoms with Crippen molar-refractivity contribution >= 4 is 34.9 Å². The fraction of sp³-hybridized carbons (Fsp3) is 0.107. The Morgan fingerprint density at radius 3 is 2.59 bits per heavy atom. The van der Waals surface area contributed by atoms with Crippen LogP contribution in [0.2, 0.25) is 5.02 Å². The van der Waals surface area contributed by atoms with Gasteiger partial charge in [0.2, 0.25) is 5.91 Å². The quantitative estimate of drug-likeness (QED) is 0.526. The Labute approximate surface area is 216 Å². The van der Waals surface area contributed by atoms with E-state index in [0.717, 1.165) is 0 Å². The van der Waals surface area contributed by atoms with Gasteiger partial charge in [-0.05, 0) is 30.3 Å². The number of nitrogens with zero attached hydrogens (tertiary/aromatic N) is 3. The lowest BCUT2D eigenvalue weighted by Gasteiger charge is -2.38. The van der Waals surface area contributed by atoms with E-state index >= 15 is 0 Å². The molecule has 3 aromatic rings. The number of carbonyl (C=O) groups is 2. The molecule has 0 saturated heterocycles. The first-order chi connectivity index (χ1) is 17.9. The number of rotatable bonds is 3. The van der Waals surface area contributed by atoms with Crippen molar-refractivity contribution in [2.75, 3.05) is 16.4 Å². The number of amides is 1. The summed E-state index contributed by atoms with van der Waals surface area (Å²) in [5.41, 5.74) is 6.71. The summed E-state index contributed by atoms with van der Waals surface area (Å²) in [7, 11) is 0. The molecular weight excluding hydrogens is 495 g/mol. The van der Waals surface area contributed by atoms with E-state index in [-0.39, 0.29) is 35.7 Å². The number of cyclic esters (lactones) is 1. The van der Waals surface area contributed by atoms with Crippen molar-refractivity contribution in [3.8, 4) is 6.07 Å². The standard InChI is InChI=1S/C28H18ClFN4O3/c29-17-7-5-8-18(12-17)34-23-15-37-26(35)24(23)28(20(13-31)25(34)32)19-9-2-4-11-22(19)33(27(28)36)14-16-6-1-3-10-21(16)30/h1-12H,14-15,32H2/t28-/m1/s1. The Morgan fingerprint density at radius 1 is 1.08 bits per heavy atom. The Balaban J connectivity index is 1.62. The molecule has 182 valence electrons. The first-order valence-corrected chi connectivity index (χ1v) is 11.8. The highest BCUT2D eigenvalue weighted by atomic mass is 35.5. The number of hydrogen-bond acceptors (Lipinski definition) is 6. The maximum Gasteiger partial charge on any atom is 0.338 e. The van der Waals surface area contributed by atoms with Crippen molar-refractivity contribution in [2.45, 2.75) is 12.0 Å². The van der Waals surface area contributed by atoms with Gasteiger partial charge in [-0.3, -0.25) is 9.69 Å². The molecule has 2 N–H and O–H groups in total. The van der Waals surface area contributed by atoms with Crippen LogP contribution in [-0.4, -0.2) is 18.5 Å². The lowest BCUT2D eigenvalue weighted by molar-refractivity contribution is -0.137. The van der Waals surface area contributed by atoms with Crippen molar-refractivity contribution in [2.24, 2.45) is 5.73 Å². The first-order valence-electron chi connectivity index (χ1n) is 11.4. The average Bonchev–Trinajstić information content (AvgIpc) is 3.38. The second-order valence-corrected chi connectivity index (χ2v) is 9.27. The van der Waals surface area contributed by atoms with E-state index in [4.69, 9.17) is 22.1 Å². The van der Waals surface area contributed by atoms with E-state index < -0.39 is 23.1 Å². The van der Waals surface area contributed by atoms with E-state index in [2.05, 4.69) is 6.07 Å².